The highest BCUT2D eigenvalue weighted by Crippen LogP contribution is 2.37. The number of rotatable bonds is 8. The van der Waals surface area contributed by atoms with Crippen molar-refractivity contribution in [3.63, 3.8) is 0 Å². The van der Waals surface area contributed by atoms with E-state index in [1.807, 2.05) is 30.7 Å². The zero-order chi connectivity index (χ0) is 33.4. The third-order valence-corrected chi connectivity index (χ3v) is 10.5. The first-order valence-corrected chi connectivity index (χ1v) is 17.2. The first-order valence-electron chi connectivity index (χ1n) is 17.2. The summed E-state index contributed by atoms with van der Waals surface area (Å²) in [7, 11) is 0. The molecule has 3 fully saturated rings. The van der Waals surface area contributed by atoms with E-state index in [1.54, 1.807) is 11.0 Å². The summed E-state index contributed by atoms with van der Waals surface area (Å²) < 4.78 is 0. The van der Waals surface area contributed by atoms with Crippen molar-refractivity contribution in [2.75, 3.05) is 36.4 Å². The van der Waals surface area contributed by atoms with E-state index in [9.17, 15) is 19.5 Å². The lowest BCUT2D eigenvalue weighted by atomic mass is 9.83. The Hall–Kier alpha value is -4.42. The van der Waals surface area contributed by atoms with E-state index in [0.717, 1.165) is 73.6 Å². The molecule has 7 rings (SSSR count). The number of amides is 3. The van der Waals surface area contributed by atoms with Crippen molar-refractivity contribution in [2.45, 2.75) is 89.1 Å². The Balaban J connectivity index is 0.890. The number of nitrogens with one attached hydrogen (secondary N) is 2. The second-order valence-electron chi connectivity index (χ2n) is 14.0. The number of fused-ring (bicyclic) bond motifs is 1. The molecule has 4 aliphatic rings. The molecule has 12 heteroatoms. The highest BCUT2D eigenvalue weighted by atomic mass is 16.3. The SMILES string of the molecule is CC(C)c1cnc(NC2CCN(c3ccc(CN4CCC(O)(c5ccc6c(c5)CN(C5CCC(=O)NC5=O)C6=O)CC4)nc3)CC2)nc1. The van der Waals surface area contributed by atoms with Gasteiger partial charge in [0.1, 0.15) is 6.04 Å². The predicted octanol–water partition coefficient (Wildman–Crippen LogP) is 3.32. The Kier molecular flexibility index (Phi) is 8.86. The number of carbonyl (C=O) groups is 3. The molecule has 12 nitrogen and oxygen atoms in total. The minimum atomic E-state index is -0.988. The van der Waals surface area contributed by atoms with E-state index < -0.39 is 17.6 Å². The van der Waals surface area contributed by atoms with Crippen LogP contribution in [0.4, 0.5) is 11.6 Å². The fourth-order valence-electron chi connectivity index (χ4n) is 7.34. The number of pyridine rings is 1. The second-order valence-corrected chi connectivity index (χ2v) is 14.0. The molecule has 252 valence electrons. The first-order chi connectivity index (χ1) is 23.1. The van der Waals surface area contributed by atoms with Crippen molar-refractivity contribution >= 4 is 29.4 Å². The lowest BCUT2D eigenvalue weighted by molar-refractivity contribution is -0.136. The number of piperidine rings is 3. The topological polar surface area (TPSA) is 144 Å². The maximum Gasteiger partial charge on any atom is 0.255 e. The van der Waals surface area contributed by atoms with Gasteiger partial charge in [0.05, 0.1) is 23.2 Å². The molecule has 3 aromatic rings. The minimum absolute atomic E-state index is 0.203. The number of nitrogens with zero attached hydrogens (tertiary/aromatic N) is 6. The molecule has 1 aromatic carbocycles. The van der Waals surface area contributed by atoms with E-state index in [0.29, 0.717) is 49.3 Å². The molecule has 4 aliphatic heterocycles. The van der Waals surface area contributed by atoms with Crippen LogP contribution < -0.4 is 15.5 Å². The van der Waals surface area contributed by atoms with Crippen LogP contribution in [0.2, 0.25) is 0 Å². The average molecular weight is 653 g/mol. The summed E-state index contributed by atoms with van der Waals surface area (Å²) >= 11 is 0. The molecule has 0 bridgehead atoms. The van der Waals surface area contributed by atoms with Crippen molar-refractivity contribution in [2.24, 2.45) is 0 Å². The molecular weight excluding hydrogens is 608 g/mol. The molecule has 3 N–H and O–H groups in total. The zero-order valence-corrected chi connectivity index (χ0v) is 27.7. The zero-order valence-electron chi connectivity index (χ0n) is 27.7. The summed E-state index contributed by atoms with van der Waals surface area (Å²) in [5.74, 6) is 0.190. The van der Waals surface area contributed by atoms with Crippen LogP contribution in [0.1, 0.15) is 91.0 Å². The Morgan fingerprint density at radius 2 is 1.71 bits per heavy atom. The molecule has 3 saturated heterocycles. The van der Waals surface area contributed by atoms with Gasteiger partial charge in [0.15, 0.2) is 0 Å². The maximum atomic E-state index is 13.1. The number of imide groups is 1. The normalized spacial score (nSPS) is 21.8. The molecule has 48 heavy (non-hydrogen) atoms. The number of carbonyl (C=O) groups excluding carboxylic acids is 3. The van der Waals surface area contributed by atoms with E-state index in [1.165, 1.54) is 0 Å². The Morgan fingerprint density at radius 3 is 2.38 bits per heavy atom. The molecule has 1 atom stereocenters. The smallest absolute Gasteiger partial charge is 0.255 e. The summed E-state index contributed by atoms with van der Waals surface area (Å²) in [5, 5.41) is 17.5. The maximum absolute atomic E-state index is 13.1. The van der Waals surface area contributed by atoms with Crippen LogP contribution in [0, 0.1) is 0 Å². The Morgan fingerprint density at radius 1 is 0.958 bits per heavy atom. The predicted molar refractivity (Wildman–Crippen MR) is 180 cm³/mol. The largest absolute Gasteiger partial charge is 0.385 e. The highest BCUT2D eigenvalue weighted by Gasteiger charge is 2.41. The van der Waals surface area contributed by atoms with Crippen molar-refractivity contribution in [3.05, 3.63) is 76.9 Å². The van der Waals surface area contributed by atoms with Gasteiger partial charge in [0, 0.05) is 69.7 Å². The van der Waals surface area contributed by atoms with Gasteiger partial charge in [0.2, 0.25) is 17.8 Å². The Bertz CT molecular complexity index is 1660. The molecule has 3 amide bonds. The van der Waals surface area contributed by atoms with Crippen molar-refractivity contribution in [1.82, 2.24) is 30.1 Å². The fourth-order valence-corrected chi connectivity index (χ4v) is 7.34. The van der Waals surface area contributed by atoms with Crippen LogP contribution in [0.15, 0.2) is 48.9 Å². The average Bonchev–Trinajstić information content (AvgIpc) is 3.42. The van der Waals surface area contributed by atoms with Gasteiger partial charge in [-0.05, 0) is 72.9 Å². The van der Waals surface area contributed by atoms with Crippen LogP contribution in [-0.2, 0) is 28.3 Å². The summed E-state index contributed by atoms with van der Waals surface area (Å²) in [6.45, 7) is 8.64. The summed E-state index contributed by atoms with van der Waals surface area (Å²) in [6, 6.07) is 9.51. The molecule has 0 saturated carbocycles. The van der Waals surface area contributed by atoms with Gasteiger partial charge in [-0.3, -0.25) is 29.6 Å². The van der Waals surface area contributed by atoms with Crippen molar-refractivity contribution in [3.8, 4) is 0 Å². The number of hydrogen-bond donors (Lipinski definition) is 3. The molecule has 2 aromatic heterocycles. The third kappa shape index (κ3) is 6.64. The van der Waals surface area contributed by atoms with E-state index in [2.05, 4.69) is 56.4 Å². The third-order valence-electron chi connectivity index (χ3n) is 10.5. The van der Waals surface area contributed by atoms with Gasteiger partial charge in [-0.25, -0.2) is 9.97 Å². The fraction of sp³-hybridized carbons (Fsp3) is 0.500. The monoisotopic (exact) mass is 652 g/mol. The van der Waals surface area contributed by atoms with Gasteiger partial charge >= 0.3 is 0 Å². The van der Waals surface area contributed by atoms with E-state index in [4.69, 9.17) is 4.98 Å². The van der Waals surface area contributed by atoms with Crippen LogP contribution >= 0.6 is 0 Å². The number of anilines is 2. The van der Waals surface area contributed by atoms with Crippen LogP contribution in [0.25, 0.3) is 0 Å². The van der Waals surface area contributed by atoms with Gasteiger partial charge in [-0.15, -0.1) is 0 Å². The van der Waals surface area contributed by atoms with E-state index in [-0.39, 0.29) is 18.2 Å². The second kappa shape index (κ2) is 13.2. The molecule has 0 spiro atoms. The number of likely N-dealkylation sites (tertiary alicyclic amines) is 1. The van der Waals surface area contributed by atoms with Crippen LogP contribution in [0.3, 0.4) is 0 Å². The number of benzene rings is 1. The van der Waals surface area contributed by atoms with Crippen molar-refractivity contribution < 1.29 is 19.5 Å². The molecule has 0 aliphatic carbocycles. The molecule has 0 radical (unpaired) electrons. The van der Waals surface area contributed by atoms with Crippen LogP contribution in [0.5, 0.6) is 0 Å². The van der Waals surface area contributed by atoms with E-state index >= 15 is 0 Å². The van der Waals surface area contributed by atoms with Gasteiger partial charge in [-0.1, -0.05) is 26.0 Å². The molecule has 6 heterocycles. The number of aromatic nitrogens is 3. The minimum Gasteiger partial charge on any atom is -0.385 e. The highest BCUT2D eigenvalue weighted by molar-refractivity contribution is 6.05. The molecular formula is C36H44N8O4. The van der Waals surface area contributed by atoms with Gasteiger partial charge in [-0.2, -0.15) is 0 Å². The number of aliphatic hydroxyl groups is 1. The molecule has 1 unspecified atom stereocenters. The number of hydrogen-bond acceptors (Lipinski definition) is 10. The summed E-state index contributed by atoms with van der Waals surface area (Å²) in [6.07, 6.45) is 9.50. The standard InChI is InChI=1S/C36H44N8O4/c1-23(2)25-18-38-35(39-19-25)40-27-9-13-43(14-10-27)29-5-4-28(37-20-29)22-42-15-11-36(48,12-16-42)26-3-6-30-24(17-26)21-44(34(30)47)31-7-8-32(45)41-33(31)46/h3-6,17-20,23,27,31,48H,7-16,21-22H2,1-2H3,(H,38,39,40)(H,41,45,46). The van der Waals surface area contributed by atoms with Gasteiger partial charge < -0.3 is 20.2 Å². The van der Waals surface area contributed by atoms with Gasteiger partial charge in [0.25, 0.3) is 5.91 Å². The quantitative estimate of drug-likeness (QED) is 0.310. The summed E-state index contributed by atoms with van der Waals surface area (Å²) in [4.78, 5) is 57.1. The first kappa shape index (κ1) is 32.1. The van der Waals surface area contributed by atoms with Crippen LogP contribution in [-0.4, -0.2) is 85.8 Å². The lowest BCUT2D eigenvalue weighted by Gasteiger charge is -2.38. The Labute approximate surface area is 281 Å². The lowest BCUT2D eigenvalue weighted by Crippen LogP contribution is -2.52. The summed E-state index contributed by atoms with van der Waals surface area (Å²) in [5.41, 5.74) is 4.47. The van der Waals surface area contributed by atoms with Crippen molar-refractivity contribution in [1.29, 1.82) is 0 Å².